The average Bonchev–Trinajstić information content (AvgIpc) is 3.39. The Bertz CT molecular complexity index is 997. The zero-order valence-electron chi connectivity index (χ0n) is 16.3. The fourth-order valence-corrected chi connectivity index (χ4v) is 3.89. The Morgan fingerprint density at radius 1 is 1.38 bits per heavy atom. The number of ketones is 1. The summed E-state index contributed by atoms with van der Waals surface area (Å²) < 4.78 is 8.64. The van der Waals surface area contributed by atoms with Crippen molar-refractivity contribution in [2.75, 3.05) is 6.61 Å². The normalized spacial score (nSPS) is 25.8. The van der Waals surface area contributed by atoms with Gasteiger partial charge in [-0.15, -0.1) is 0 Å². The van der Waals surface area contributed by atoms with Crippen molar-refractivity contribution in [3.05, 3.63) is 16.7 Å². The fraction of sp³-hybridized carbons (Fsp3) is 0.632. The number of hydrogen-bond acceptors (Lipinski definition) is 8. The highest BCUT2D eigenvalue weighted by Gasteiger charge is 2.36. The SMILES string of the molecule is CCCCCC(=O)CC1C=Nc2nc3c(ncn3[C@H]3C[C@H](O)[C@@H](CO)O3)c(=O)n21. The second-order valence-electron chi connectivity index (χ2n) is 7.57. The van der Waals surface area contributed by atoms with Crippen LogP contribution in [-0.2, 0) is 9.53 Å². The first-order valence-corrected chi connectivity index (χ1v) is 10.0. The van der Waals surface area contributed by atoms with Gasteiger partial charge in [-0.05, 0) is 6.42 Å². The van der Waals surface area contributed by atoms with Crippen LogP contribution in [0.2, 0.25) is 0 Å². The first kappa shape index (κ1) is 19.9. The Labute approximate surface area is 166 Å². The van der Waals surface area contributed by atoms with Crippen molar-refractivity contribution < 1.29 is 19.7 Å². The predicted molar refractivity (Wildman–Crippen MR) is 104 cm³/mol. The van der Waals surface area contributed by atoms with E-state index >= 15 is 0 Å². The quantitative estimate of drug-likeness (QED) is 0.629. The van der Waals surface area contributed by atoms with Crippen LogP contribution in [0, 0.1) is 0 Å². The number of ether oxygens (including phenoxy) is 1. The molecule has 2 N–H and O–H groups in total. The number of carbonyl (C=O) groups excluding carboxylic acids is 1. The Balaban J connectivity index is 1.60. The molecule has 0 aliphatic carbocycles. The van der Waals surface area contributed by atoms with Gasteiger partial charge in [0.2, 0.25) is 5.95 Å². The van der Waals surface area contributed by atoms with Crippen LogP contribution in [0.5, 0.6) is 0 Å². The summed E-state index contributed by atoms with van der Waals surface area (Å²) in [7, 11) is 0. The van der Waals surface area contributed by atoms with E-state index in [1.165, 1.54) is 10.9 Å². The molecular formula is C19H25N5O5. The smallest absolute Gasteiger partial charge is 0.283 e. The minimum absolute atomic E-state index is 0.101. The van der Waals surface area contributed by atoms with Gasteiger partial charge in [0.1, 0.15) is 18.1 Å². The standard InChI is InChI=1S/C19H25N5O5/c1-2-3-4-5-12(26)6-11-8-20-19-22-17-16(18(28)24(11)19)21-10-23(17)15-7-13(27)14(9-25)29-15/h8,10-11,13-15,25,27H,2-7,9H2,1H3/t11?,13-,14+,15+/m0/s1. The fourth-order valence-electron chi connectivity index (χ4n) is 3.89. The number of aliphatic hydroxyl groups excluding tert-OH is 2. The van der Waals surface area contributed by atoms with Crippen molar-refractivity contribution in [1.29, 1.82) is 0 Å². The number of aliphatic hydroxyl groups is 2. The van der Waals surface area contributed by atoms with Crippen molar-refractivity contribution in [3.63, 3.8) is 0 Å². The van der Waals surface area contributed by atoms with Gasteiger partial charge < -0.3 is 14.9 Å². The van der Waals surface area contributed by atoms with Gasteiger partial charge in [-0.2, -0.15) is 4.98 Å². The number of carbonyl (C=O) groups is 1. The first-order chi connectivity index (χ1) is 14.0. The highest BCUT2D eigenvalue weighted by atomic mass is 16.5. The molecule has 0 radical (unpaired) electrons. The van der Waals surface area contributed by atoms with Crippen molar-refractivity contribution in [1.82, 2.24) is 19.1 Å². The van der Waals surface area contributed by atoms with Crippen molar-refractivity contribution in [3.8, 4) is 0 Å². The van der Waals surface area contributed by atoms with Crippen molar-refractivity contribution >= 4 is 29.1 Å². The van der Waals surface area contributed by atoms with E-state index in [1.807, 2.05) is 0 Å². The number of imidazole rings is 1. The zero-order chi connectivity index (χ0) is 20.5. The maximum atomic E-state index is 13.0. The zero-order valence-corrected chi connectivity index (χ0v) is 16.3. The molecule has 1 saturated heterocycles. The minimum Gasteiger partial charge on any atom is -0.394 e. The summed E-state index contributed by atoms with van der Waals surface area (Å²) in [6.07, 6.45) is 4.84. The summed E-state index contributed by atoms with van der Waals surface area (Å²) in [4.78, 5) is 38.2. The maximum absolute atomic E-state index is 13.0. The molecular weight excluding hydrogens is 378 g/mol. The van der Waals surface area contributed by atoms with Crippen LogP contribution in [0.3, 0.4) is 0 Å². The minimum atomic E-state index is -0.806. The maximum Gasteiger partial charge on any atom is 0.283 e. The van der Waals surface area contributed by atoms with Gasteiger partial charge >= 0.3 is 0 Å². The molecule has 0 spiro atoms. The van der Waals surface area contributed by atoms with E-state index in [2.05, 4.69) is 21.9 Å². The topological polar surface area (TPSA) is 132 Å². The van der Waals surface area contributed by atoms with Crippen molar-refractivity contribution in [2.24, 2.45) is 4.99 Å². The van der Waals surface area contributed by atoms with E-state index in [9.17, 15) is 19.8 Å². The molecule has 4 heterocycles. The molecule has 10 nitrogen and oxygen atoms in total. The van der Waals surface area contributed by atoms with Crippen LogP contribution < -0.4 is 5.56 Å². The van der Waals surface area contributed by atoms with Gasteiger partial charge in [0.05, 0.1) is 25.1 Å². The van der Waals surface area contributed by atoms with Gasteiger partial charge in [0, 0.05) is 25.5 Å². The van der Waals surface area contributed by atoms with Gasteiger partial charge in [-0.3, -0.25) is 18.7 Å². The third-order valence-electron chi connectivity index (χ3n) is 5.49. The van der Waals surface area contributed by atoms with E-state index in [0.717, 1.165) is 19.3 Å². The Hall–Kier alpha value is -2.43. The number of Topliss-reactive ketones (excluding diaryl/α,β-unsaturated/α-hetero) is 1. The summed E-state index contributed by atoms with van der Waals surface area (Å²) in [5.41, 5.74) is 0.113. The number of rotatable bonds is 8. The molecule has 2 aromatic rings. The third kappa shape index (κ3) is 3.63. The lowest BCUT2D eigenvalue weighted by Gasteiger charge is -2.14. The third-order valence-corrected chi connectivity index (χ3v) is 5.49. The van der Waals surface area contributed by atoms with Crippen LogP contribution in [0.15, 0.2) is 16.1 Å². The largest absolute Gasteiger partial charge is 0.394 e. The lowest BCUT2D eigenvalue weighted by molar-refractivity contribution is -0.119. The Kier molecular flexibility index (Phi) is 5.57. The molecule has 1 unspecified atom stereocenters. The van der Waals surface area contributed by atoms with E-state index in [0.29, 0.717) is 12.1 Å². The van der Waals surface area contributed by atoms with E-state index in [1.54, 1.807) is 10.8 Å². The molecule has 1 fully saturated rings. The van der Waals surface area contributed by atoms with Crippen LogP contribution in [0.25, 0.3) is 11.2 Å². The summed E-state index contributed by atoms with van der Waals surface area (Å²) in [6, 6.07) is -0.447. The molecule has 2 aliphatic heterocycles. The van der Waals surface area contributed by atoms with Crippen LogP contribution in [-0.4, -0.2) is 60.1 Å². The average molecular weight is 403 g/mol. The van der Waals surface area contributed by atoms with E-state index < -0.39 is 24.5 Å². The monoisotopic (exact) mass is 403 g/mol. The van der Waals surface area contributed by atoms with Crippen LogP contribution in [0.4, 0.5) is 5.95 Å². The van der Waals surface area contributed by atoms with Gasteiger partial charge in [0.25, 0.3) is 5.56 Å². The summed E-state index contributed by atoms with van der Waals surface area (Å²) in [5, 5.41) is 19.3. The highest BCUT2D eigenvalue weighted by Crippen LogP contribution is 2.31. The molecule has 4 rings (SSSR count). The predicted octanol–water partition coefficient (Wildman–Crippen LogP) is 1.03. The first-order valence-electron chi connectivity index (χ1n) is 10.0. The number of unbranched alkanes of at least 4 members (excludes halogenated alkanes) is 2. The number of aliphatic imine (C=N–C) groups is 1. The second-order valence-corrected chi connectivity index (χ2v) is 7.57. The Morgan fingerprint density at radius 3 is 2.93 bits per heavy atom. The van der Waals surface area contributed by atoms with Gasteiger partial charge in [-0.25, -0.2) is 9.98 Å². The molecule has 4 atom stereocenters. The number of fused-ring (bicyclic) bond motifs is 2. The summed E-state index contributed by atoms with van der Waals surface area (Å²) in [6.45, 7) is 1.79. The molecule has 2 aliphatic rings. The lowest BCUT2D eigenvalue weighted by atomic mass is 10.1. The molecule has 0 bridgehead atoms. The number of aromatic nitrogens is 4. The van der Waals surface area contributed by atoms with Crippen molar-refractivity contribution in [2.45, 2.75) is 69.9 Å². The lowest BCUT2D eigenvalue weighted by Crippen LogP contribution is -2.26. The molecule has 10 heteroatoms. The van der Waals surface area contributed by atoms with E-state index in [4.69, 9.17) is 4.74 Å². The Morgan fingerprint density at radius 2 is 2.21 bits per heavy atom. The summed E-state index contributed by atoms with van der Waals surface area (Å²) >= 11 is 0. The molecule has 0 amide bonds. The van der Waals surface area contributed by atoms with Crippen LogP contribution in [0.1, 0.15) is 57.7 Å². The molecule has 29 heavy (non-hydrogen) atoms. The molecule has 0 aromatic carbocycles. The number of hydrogen-bond donors (Lipinski definition) is 2. The highest BCUT2D eigenvalue weighted by molar-refractivity contribution is 5.85. The molecule has 0 saturated carbocycles. The van der Waals surface area contributed by atoms with Gasteiger partial charge in [0.15, 0.2) is 11.2 Å². The number of nitrogens with zero attached hydrogens (tertiary/aromatic N) is 5. The second kappa shape index (κ2) is 8.13. The van der Waals surface area contributed by atoms with E-state index in [-0.39, 0.29) is 42.3 Å². The molecule has 156 valence electrons. The van der Waals surface area contributed by atoms with Crippen LogP contribution >= 0.6 is 0 Å². The van der Waals surface area contributed by atoms with Gasteiger partial charge in [-0.1, -0.05) is 19.8 Å². The summed E-state index contributed by atoms with van der Waals surface area (Å²) in [5.74, 6) is 0.330. The molecule has 2 aromatic heterocycles.